The molecule has 0 aromatic carbocycles. The summed E-state index contributed by atoms with van der Waals surface area (Å²) in [6.45, 7) is 1.95. The molecular weight excluding hydrogens is 295 g/mol. The predicted octanol–water partition coefficient (Wildman–Crippen LogP) is 3.07. The Morgan fingerprint density at radius 2 is 2.10 bits per heavy atom. The molecule has 0 bridgehead atoms. The number of alkyl halides is 3. The topological polar surface area (TPSA) is 59.4 Å². The lowest BCUT2D eigenvalue weighted by atomic mass is 10.1. The number of ether oxygens (including phenoxy) is 1. The smallest absolute Gasteiger partial charge is 0.411 e. The van der Waals surface area contributed by atoms with Gasteiger partial charge in [-0.05, 0) is 25.5 Å². The van der Waals surface area contributed by atoms with Crippen LogP contribution in [0, 0.1) is 13.8 Å². The Labute approximate surface area is 118 Å². The van der Waals surface area contributed by atoms with Gasteiger partial charge < -0.3 is 9.84 Å². The number of hydrogen-bond donors (Lipinski definition) is 1. The molecule has 0 saturated carbocycles. The number of carbonyl (C=O) groups is 1. The molecule has 4 nitrogen and oxygen atoms in total. The van der Waals surface area contributed by atoms with Crippen LogP contribution in [0.15, 0.2) is 11.1 Å². The molecule has 1 aromatic rings. The van der Waals surface area contributed by atoms with E-state index in [0.29, 0.717) is 16.3 Å². The molecule has 112 valence electrons. The second-order valence-corrected chi connectivity index (χ2v) is 5.17. The van der Waals surface area contributed by atoms with Crippen LogP contribution >= 0.6 is 11.8 Å². The van der Waals surface area contributed by atoms with Gasteiger partial charge in [0.2, 0.25) is 0 Å². The predicted molar refractivity (Wildman–Crippen MR) is 68.3 cm³/mol. The van der Waals surface area contributed by atoms with E-state index in [1.807, 2.05) is 0 Å². The number of hydrogen-bond acceptors (Lipinski definition) is 4. The van der Waals surface area contributed by atoms with Gasteiger partial charge >= 0.3 is 12.1 Å². The number of pyridine rings is 1. The van der Waals surface area contributed by atoms with Crippen LogP contribution in [0.3, 0.4) is 0 Å². The third-order valence-corrected chi connectivity index (χ3v) is 3.20. The Morgan fingerprint density at radius 1 is 1.45 bits per heavy atom. The number of aromatic nitrogens is 1. The largest absolute Gasteiger partial charge is 0.478 e. The number of nitrogens with zero attached hydrogens (tertiary/aromatic N) is 1. The van der Waals surface area contributed by atoms with Crippen molar-refractivity contribution in [1.82, 2.24) is 4.98 Å². The van der Waals surface area contributed by atoms with E-state index >= 15 is 0 Å². The highest BCUT2D eigenvalue weighted by Gasteiger charge is 2.27. The van der Waals surface area contributed by atoms with Crippen LogP contribution in [-0.4, -0.2) is 41.2 Å². The minimum Gasteiger partial charge on any atom is -0.478 e. The summed E-state index contributed by atoms with van der Waals surface area (Å²) in [5.74, 6) is -0.902. The lowest BCUT2D eigenvalue weighted by Gasteiger charge is -2.10. The van der Waals surface area contributed by atoms with Crippen LogP contribution in [0.1, 0.15) is 21.6 Å². The lowest BCUT2D eigenvalue weighted by Crippen LogP contribution is -2.18. The van der Waals surface area contributed by atoms with Gasteiger partial charge in [-0.1, -0.05) is 0 Å². The highest BCUT2D eigenvalue weighted by Crippen LogP contribution is 2.24. The third kappa shape index (κ3) is 5.38. The zero-order valence-electron chi connectivity index (χ0n) is 11.0. The first-order chi connectivity index (χ1) is 9.20. The second-order valence-electron chi connectivity index (χ2n) is 4.08. The van der Waals surface area contributed by atoms with Gasteiger partial charge in [0.15, 0.2) is 0 Å². The summed E-state index contributed by atoms with van der Waals surface area (Å²) in [5.41, 5.74) is 1.31. The van der Waals surface area contributed by atoms with Crippen LogP contribution in [0.25, 0.3) is 0 Å². The van der Waals surface area contributed by atoms with E-state index in [4.69, 9.17) is 5.11 Å². The van der Waals surface area contributed by atoms with Crippen LogP contribution in [0.4, 0.5) is 13.2 Å². The number of carboxylic acids is 1. The quantitative estimate of drug-likeness (QED) is 0.646. The molecular formula is C12H14F3NO3S. The number of aromatic carboxylic acids is 1. The molecule has 0 spiro atoms. The maximum atomic E-state index is 11.9. The molecule has 1 aromatic heterocycles. The van der Waals surface area contributed by atoms with Gasteiger partial charge in [0, 0.05) is 11.4 Å². The second kappa shape index (κ2) is 6.94. The molecule has 0 aliphatic carbocycles. The Balaban J connectivity index is 2.62. The van der Waals surface area contributed by atoms with Crippen LogP contribution < -0.4 is 0 Å². The SMILES string of the molecule is Cc1cc(C)c(C(=O)O)c(SCCOCC(F)(F)F)n1. The summed E-state index contributed by atoms with van der Waals surface area (Å²) in [4.78, 5) is 15.2. The first kappa shape index (κ1) is 16.8. The van der Waals surface area contributed by atoms with E-state index < -0.39 is 18.8 Å². The lowest BCUT2D eigenvalue weighted by molar-refractivity contribution is -0.172. The Bertz CT molecular complexity index is 492. The normalized spacial score (nSPS) is 11.7. The van der Waals surface area contributed by atoms with E-state index in [-0.39, 0.29) is 17.9 Å². The summed E-state index contributed by atoms with van der Waals surface area (Å²) in [7, 11) is 0. The number of carboxylic acid groups (broad SMARTS) is 1. The highest BCUT2D eigenvalue weighted by atomic mass is 32.2. The van der Waals surface area contributed by atoms with Crippen molar-refractivity contribution in [3.8, 4) is 0 Å². The van der Waals surface area contributed by atoms with E-state index in [2.05, 4.69) is 9.72 Å². The average molecular weight is 309 g/mol. The molecule has 0 saturated heterocycles. The van der Waals surface area contributed by atoms with Crippen molar-refractivity contribution in [1.29, 1.82) is 0 Å². The fraction of sp³-hybridized carbons (Fsp3) is 0.500. The molecule has 0 aliphatic rings. The summed E-state index contributed by atoms with van der Waals surface area (Å²) in [5, 5.41) is 9.41. The van der Waals surface area contributed by atoms with E-state index in [9.17, 15) is 18.0 Å². The summed E-state index contributed by atoms with van der Waals surface area (Å²) < 4.78 is 40.0. The first-order valence-corrected chi connectivity index (χ1v) is 6.68. The molecule has 0 atom stereocenters. The molecule has 20 heavy (non-hydrogen) atoms. The molecule has 8 heteroatoms. The van der Waals surface area contributed by atoms with Crippen molar-refractivity contribution in [3.63, 3.8) is 0 Å². The van der Waals surface area contributed by atoms with Gasteiger partial charge in [0.25, 0.3) is 0 Å². The summed E-state index contributed by atoms with van der Waals surface area (Å²) in [6.07, 6.45) is -4.35. The minimum absolute atomic E-state index is 0.0800. The maximum Gasteiger partial charge on any atom is 0.411 e. The van der Waals surface area contributed by atoms with E-state index in [1.54, 1.807) is 19.9 Å². The molecule has 1 N–H and O–H groups in total. The van der Waals surface area contributed by atoms with Gasteiger partial charge in [-0.2, -0.15) is 13.2 Å². The van der Waals surface area contributed by atoms with E-state index in [0.717, 1.165) is 11.8 Å². The molecule has 0 aliphatic heterocycles. The summed E-state index contributed by atoms with van der Waals surface area (Å²) >= 11 is 1.07. The zero-order chi connectivity index (χ0) is 15.3. The first-order valence-electron chi connectivity index (χ1n) is 5.69. The van der Waals surface area contributed by atoms with Crippen LogP contribution in [0.2, 0.25) is 0 Å². The van der Waals surface area contributed by atoms with Gasteiger partial charge in [-0.25, -0.2) is 9.78 Å². The standard InChI is InChI=1S/C12H14F3NO3S/c1-7-5-8(2)16-10(9(7)11(17)18)20-4-3-19-6-12(13,14)15/h5H,3-4,6H2,1-2H3,(H,17,18). The third-order valence-electron chi connectivity index (χ3n) is 2.26. The number of halogens is 3. The van der Waals surface area contributed by atoms with Gasteiger partial charge in [-0.3, -0.25) is 0 Å². The van der Waals surface area contributed by atoms with Crippen molar-refractivity contribution in [3.05, 3.63) is 22.9 Å². The van der Waals surface area contributed by atoms with Crippen molar-refractivity contribution in [2.45, 2.75) is 25.0 Å². The number of rotatable bonds is 6. The van der Waals surface area contributed by atoms with Gasteiger partial charge in [-0.15, -0.1) is 11.8 Å². The number of aryl methyl sites for hydroxylation is 2. The average Bonchev–Trinajstić information content (AvgIpc) is 2.25. The van der Waals surface area contributed by atoms with Gasteiger partial charge in [0.1, 0.15) is 11.6 Å². The Hall–Kier alpha value is -1.28. The monoisotopic (exact) mass is 309 g/mol. The molecule has 0 fully saturated rings. The van der Waals surface area contributed by atoms with Crippen molar-refractivity contribution in [2.75, 3.05) is 19.0 Å². The van der Waals surface area contributed by atoms with Gasteiger partial charge in [0.05, 0.1) is 12.2 Å². The van der Waals surface area contributed by atoms with Crippen molar-refractivity contribution in [2.24, 2.45) is 0 Å². The summed E-state index contributed by atoms with van der Waals surface area (Å²) in [6, 6.07) is 1.65. The molecule has 0 radical (unpaired) electrons. The number of thioether (sulfide) groups is 1. The molecule has 0 unspecified atom stereocenters. The molecule has 0 amide bonds. The van der Waals surface area contributed by atoms with E-state index in [1.165, 1.54) is 0 Å². The molecule has 1 rings (SSSR count). The minimum atomic E-state index is -4.35. The highest BCUT2D eigenvalue weighted by molar-refractivity contribution is 7.99. The van der Waals surface area contributed by atoms with Crippen LogP contribution in [-0.2, 0) is 4.74 Å². The fourth-order valence-electron chi connectivity index (χ4n) is 1.55. The van der Waals surface area contributed by atoms with Crippen molar-refractivity contribution >= 4 is 17.7 Å². The molecule has 1 heterocycles. The zero-order valence-corrected chi connectivity index (χ0v) is 11.8. The van der Waals surface area contributed by atoms with Crippen molar-refractivity contribution < 1.29 is 27.8 Å². The maximum absolute atomic E-state index is 11.9. The fourth-order valence-corrected chi connectivity index (χ4v) is 2.55. The Kier molecular flexibility index (Phi) is 5.82. The Morgan fingerprint density at radius 3 is 2.65 bits per heavy atom. The van der Waals surface area contributed by atoms with Crippen LogP contribution in [0.5, 0.6) is 0 Å².